The van der Waals surface area contributed by atoms with Crippen LogP contribution in [0.1, 0.15) is 0 Å². The van der Waals surface area contributed by atoms with Crippen LogP contribution in [0.2, 0.25) is 0 Å². The lowest BCUT2D eigenvalue weighted by Gasteiger charge is -2.26. The molecule has 0 aliphatic heterocycles. The SMILES string of the molecule is O=P(C[P+](O)(c1ccccc1)c1ccccc1)(c1ccccc1)c1ccccc1. The number of benzene rings is 4. The van der Waals surface area contributed by atoms with Gasteiger partial charge in [0.05, 0.1) is 0 Å². The molecule has 2 nitrogen and oxygen atoms in total. The van der Waals surface area contributed by atoms with Gasteiger partial charge in [0.2, 0.25) is 7.49 Å². The van der Waals surface area contributed by atoms with E-state index in [-0.39, 0.29) is 5.90 Å². The molecule has 0 amide bonds. The van der Waals surface area contributed by atoms with E-state index in [0.717, 1.165) is 21.2 Å². The molecule has 4 aromatic rings. The standard InChI is InChI=1S/C25H23O2P2/c26-28(22-13-5-1-6-14-22,23-15-7-2-8-16-23)21-29(27,24-17-9-3-10-18-24)25-19-11-4-12-20-25/h1-20,26H,21H2/q+1. The molecule has 1 N–H and O–H groups in total. The van der Waals surface area contributed by atoms with Crippen molar-refractivity contribution in [2.45, 2.75) is 0 Å². The van der Waals surface area contributed by atoms with E-state index in [1.807, 2.05) is 121 Å². The molecule has 0 radical (unpaired) electrons. The Bertz CT molecular complexity index is 1020. The fraction of sp³-hybridized carbons (Fsp3) is 0.0400. The first kappa shape index (κ1) is 19.8. The lowest BCUT2D eigenvalue weighted by Crippen LogP contribution is -2.29. The molecule has 4 heteroatoms. The van der Waals surface area contributed by atoms with Crippen LogP contribution in [0.15, 0.2) is 121 Å². The molecule has 29 heavy (non-hydrogen) atoms. The highest BCUT2D eigenvalue weighted by molar-refractivity contribution is 7.97. The first-order valence-electron chi connectivity index (χ1n) is 9.55. The molecule has 4 aromatic carbocycles. The Hall–Kier alpha value is -2.50. The van der Waals surface area contributed by atoms with Crippen LogP contribution in [0.25, 0.3) is 0 Å². The topological polar surface area (TPSA) is 37.3 Å². The summed E-state index contributed by atoms with van der Waals surface area (Å²) in [6.45, 7) is 0. The van der Waals surface area contributed by atoms with Gasteiger partial charge in [-0.2, -0.15) is 0 Å². The summed E-state index contributed by atoms with van der Waals surface area (Å²) in [6.07, 6.45) is 0. The summed E-state index contributed by atoms with van der Waals surface area (Å²) in [5.74, 6) is 0.196. The van der Waals surface area contributed by atoms with E-state index < -0.39 is 14.6 Å². The molecule has 0 spiro atoms. The molecule has 0 fully saturated rings. The van der Waals surface area contributed by atoms with Crippen molar-refractivity contribution < 1.29 is 9.46 Å². The van der Waals surface area contributed by atoms with Crippen LogP contribution in [0.5, 0.6) is 0 Å². The van der Waals surface area contributed by atoms with Crippen molar-refractivity contribution in [2.75, 3.05) is 5.90 Å². The van der Waals surface area contributed by atoms with Gasteiger partial charge in [-0.05, 0) is 24.3 Å². The third-order valence-electron chi connectivity index (χ3n) is 5.12. The molecule has 0 aliphatic carbocycles. The van der Waals surface area contributed by atoms with Crippen LogP contribution in [-0.4, -0.2) is 10.8 Å². The Balaban J connectivity index is 1.92. The monoisotopic (exact) mass is 417 g/mol. The highest BCUT2D eigenvalue weighted by Gasteiger charge is 2.49. The molecular weight excluding hydrogens is 394 g/mol. The molecule has 144 valence electrons. The molecule has 0 heterocycles. The van der Waals surface area contributed by atoms with Crippen molar-refractivity contribution in [2.24, 2.45) is 0 Å². The Morgan fingerprint density at radius 1 is 0.552 bits per heavy atom. The van der Waals surface area contributed by atoms with Crippen molar-refractivity contribution in [3.05, 3.63) is 121 Å². The number of rotatable bonds is 6. The largest absolute Gasteiger partial charge is 0.310 e. The van der Waals surface area contributed by atoms with Gasteiger partial charge >= 0.3 is 0 Å². The fourth-order valence-electron chi connectivity index (χ4n) is 3.60. The molecular formula is C25H23O2P2+. The third-order valence-corrected chi connectivity index (χ3v) is 12.9. The van der Waals surface area contributed by atoms with Crippen LogP contribution < -0.4 is 21.2 Å². The number of hydrogen-bond donors (Lipinski definition) is 1. The second kappa shape index (κ2) is 8.47. The Morgan fingerprint density at radius 3 is 1.21 bits per heavy atom. The molecule has 4 rings (SSSR count). The minimum atomic E-state index is -3.08. The predicted molar refractivity (Wildman–Crippen MR) is 126 cm³/mol. The second-order valence-corrected chi connectivity index (χ2v) is 13.2. The molecule has 0 aromatic heterocycles. The van der Waals surface area contributed by atoms with E-state index in [9.17, 15) is 9.46 Å². The molecule has 0 unspecified atom stereocenters. The highest BCUT2D eigenvalue weighted by atomic mass is 31.2. The molecule has 0 saturated carbocycles. The highest BCUT2D eigenvalue weighted by Crippen LogP contribution is 2.64. The maximum Gasteiger partial charge on any atom is 0.214 e. The first-order valence-corrected chi connectivity index (χ1v) is 13.4. The third kappa shape index (κ3) is 3.98. The summed E-state index contributed by atoms with van der Waals surface area (Å²) in [4.78, 5) is 12.2. The smallest absolute Gasteiger partial charge is 0.214 e. The van der Waals surface area contributed by atoms with E-state index in [1.54, 1.807) is 0 Å². The number of hydrogen-bond acceptors (Lipinski definition) is 2. The molecule has 0 atom stereocenters. The zero-order valence-corrected chi connectivity index (χ0v) is 17.8. The van der Waals surface area contributed by atoms with Crippen LogP contribution in [0.4, 0.5) is 0 Å². The maximum absolute atomic E-state index is 14.6. The lowest BCUT2D eigenvalue weighted by molar-refractivity contribution is 0.587. The van der Waals surface area contributed by atoms with Crippen LogP contribution in [0, 0.1) is 0 Å². The normalized spacial score (nSPS) is 11.9. The minimum absolute atomic E-state index is 0.196. The Morgan fingerprint density at radius 2 is 0.862 bits per heavy atom. The van der Waals surface area contributed by atoms with Crippen LogP contribution >= 0.6 is 14.6 Å². The van der Waals surface area contributed by atoms with Gasteiger partial charge in [-0.25, -0.2) is 4.89 Å². The quantitative estimate of drug-likeness (QED) is 0.468. The van der Waals surface area contributed by atoms with Crippen molar-refractivity contribution in [1.29, 1.82) is 0 Å². The van der Waals surface area contributed by atoms with Gasteiger partial charge in [-0.15, -0.1) is 0 Å². The maximum atomic E-state index is 14.6. The van der Waals surface area contributed by atoms with E-state index >= 15 is 0 Å². The predicted octanol–water partition coefficient (Wildman–Crippen LogP) is 4.53. The van der Waals surface area contributed by atoms with E-state index in [2.05, 4.69) is 0 Å². The first-order chi connectivity index (χ1) is 14.1. The van der Waals surface area contributed by atoms with E-state index in [1.165, 1.54) is 0 Å². The summed E-state index contributed by atoms with van der Waals surface area (Å²) in [5, 5.41) is 3.24. The summed E-state index contributed by atoms with van der Waals surface area (Å²) in [6, 6.07) is 38.5. The zero-order valence-electron chi connectivity index (χ0n) is 16.0. The molecule has 0 saturated heterocycles. The lowest BCUT2D eigenvalue weighted by atomic mass is 10.4. The average molecular weight is 417 g/mol. The van der Waals surface area contributed by atoms with Gasteiger partial charge in [-0.3, -0.25) is 0 Å². The second-order valence-electron chi connectivity index (χ2n) is 6.99. The van der Waals surface area contributed by atoms with Crippen LogP contribution in [-0.2, 0) is 4.57 Å². The summed E-state index contributed by atoms with van der Waals surface area (Å²) < 4.78 is 14.6. The molecule has 0 aliphatic rings. The minimum Gasteiger partial charge on any atom is -0.310 e. The van der Waals surface area contributed by atoms with Gasteiger partial charge in [-0.1, -0.05) is 97.1 Å². The summed E-state index contributed by atoms with van der Waals surface area (Å²) >= 11 is 0. The fourth-order valence-corrected chi connectivity index (χ4v) is 11.8. The summed E-state index contributed by atoms with van der Waals surface area (Å²) in [7, 11) is -5.97. The summed E-state index contributed by atoms with van der Waals surface area (Å²) in [5.41, 5.74) is 0. The van der Waals surface area contributed by atoms with Gasteiger partial charge in [0.15, 0.2) is 13.0 Å². The van der Waals surface area contributed by atoms with E-state index in [4.69, 9.17) is 0 Å². The molecule has 0 bridgehead atoms. The van der Waals surface area contributed by atoms with Gasteiger partial charge in [0.25, 0.3) is 0 Å². The zero-order chi connectivity index (χ0) is 20.2. The van der Waals surface area contributed by atoms with Gasteiger partial charge < -0.3 is 4.57 Å². The Kier molecular flexibility index (Phi) is 5.79. The Labute approximate surface area is 172 Å². The van der Waals surface area contributed by atoms with Gasteiger partial charge in [0, 0.05) is 10.6 Å². The van der Waals surface area contributed by atoms with Crippen molar-refractivity contribution in [3.8, 4) is 0 Å². The van der Waals surface area contributed by atoms with Crippen LogP contribution in [0.3, 0.4) is 0 Å². The van der Waals surface area contributed by atoms with Crippen molar-refractivity contribution in [3.63, 3.8) is 0 Å². The van der Waals surface area contributed by atoms with Gasteiger partial charge in [0.1, 0.15) is 10.6 Å². The van der Waals surface area contributed by atoms with E-state index in [0.29, 0.717) is 0 Å². The average Bonchev–Trinajstić information content (AvgIpc) is 2.81. The van der Waals surface area contributed by atoms with Crippen molar-refractivity contribution >= 4 is 35.8 Å². The van der Waals surface area contributed by atoms with Crippen molar-refractivity contribution in [1.82, 2.24) is 0 Å².